The van der Waals surface area contributed by atoms with Crippen LogP contribution in [0.5, 0.6) is 0 Å². The molecule has 2 rings (SSSR count). The van der Waals surface area contributed by atoms with Crippen LogP contribution >= 0.6 is 0 Å². The van der Waals surface area contributed by atoms with Crippen molar-refractivity contribution in [2.24, 2.45) is 45.5 Å². The molecule has 0 heterocycles. The summed E-state index contributed by atoms with van der Waals surface area (Å²) in [5.74, 6) is 2.19. The lowest BCUT2D eigenvalue weighted by Gasteiger charge is -2.59. The fourth-order valence-corrected chi connectivity index (χ4v) is 5.88. The van der Waals surface area contributed by atoms with Crippen LogP contribution in [0.3, 0.4) is 0 Å². The smallest absolute Gasteiger partial charge is 0.0103 e. The molecule has 4 N–H and O–H groups in total. The molecule has 0 spiro atoms. The standard InChI is InChI=1S/C11H23N.C10H21N/c1-8(2)11(10(3,4)5)7-6-9(11)12;1-7(2)10(8(3)4)6-5-9(10)11/h8-9H,6-7,12H2,1-5H3;7-9H,5-6,11H2,1-4H3/t9-,11?;9-/m01/s1. The van der Waals surface area contributed by atoms with Crippen LogP contribution in [0.1, 0.15) is 88.0 Å². The third kappa shape index (κ3) is 3.35. The van der Waals surface area contributed by atoms with Crippen LogP contribution in [0.4, 0.5) is 0 Å². The third-order valence-electron chi connectivity index (χ3n) is 7.69. The van der Waals surface area contributed by atoms with Gasteiger partial charge >= 0.3 is 0 Å². The summed E-state index contributed by atoms with van der Waals surface area (Å²) < 4.78 is 0. The molecule has 1 unspecified atom stereocenters. The molecule has 2 saturated carbocycles. The maximum absolute atomic E-state index is 6.14. The molecule has 2 fully saturated rings. The van der Waals surface area contributed by atoms with Crippen LogP contribution in [-0.4, -0.2) is 12.1 Å². The second-order valence-electron chi connectivity index (χ2n) is 10.2. The molecule has 138 valence electrons. The van der Waals surface area contributed by atoms with Gasteiger partial charge < -0.3 is 11.5 Å². The minimum atomic E-state index is 0.360. The van der Waals surface area contributed by atoms with E-state index in [0.29, 0.717) is 34.2 Å². The van der Waals surface area contributed by atoms with E-state index in [9.17, 15) is 0 Å². The van der Waals surface area contributed by atoms with Crippen molar-refractivity contribution in [1.82, 2.24) is 0 Å². The summed E-state index contributed by atoms with van der Waals surface area (Å²) in [7, 11) is 0. The molecule has 0 aliphatic heterocycles. The number of hydrogen-bond donors (Lipinski definition) is 2. The van der Waals surface area contributed by atoms with E-state index in [4.69, 9.17) is 11.5 Å². The van der Waals surface area contributed by atoms with Crippen LogP contribution in [-0.2, 0) is 0 Å². The lowest BCUT2D eigenvalue weighted by molar-refractivity contribution is -0.0705. The summed E-state index contributed by atoms with van der Waals surface area (Å²) in [4.78, 5) is 0. The van der Waals surface area contributed by atoms with Gasteiger partial charge in [-0.1, -0.05) is 62.3 Å². The summed E-state index contributed by atoms with van der Waals surface area (Å²) in [6.45, 7) is 20.8. The van der Waals surface area contributed by atoms with Crippen molar-refractivity contribution in [3.63, 3.8) is 0 Å². The average molecular weight is 325 g/mol. The second-order valence-corrected chi connectivity index (χ2v) is 10.2. The van der Waals surface area contributed by atoms with E-state index in [0.717, 1.165) is 11.8 Å². The van der Waals surface area contributed by atoms with Gasteiger partial charge in [0, 0.05) is 12.1 Å². The summed E-state index contributed by atoms with van der Waals surface area (Å²) in [6.07, 6.45) is 5.10. The SMILES string of the molecule is CC(C)C1(C(C)(C)C)CC[C@@H]1N.CC(C)C1(C(C)C)CC[C@H]1N. The average Bonchev–Trinajstić information content (AvgIpc) is 2.33. The Morgan fingerprint density at radius 1 is 0.739 bits per heavy atom. The molecule has 3 atom stereocenters. The van der Waals surface area contributed by atoms with Gasteiger partial charge in [-0.2, -0.15) is 0 Å². The van der Waals surface area contributed by atoms with E-state index in [1.807, 2.05) is 0 Å². The first-order chi connectivity index (χ1) is 10.3. The molecular formula is C21H44N2. The molecule has 0 aromatic rings. The van der Waals surface area contributed by atoms with Gasteiger partial charge in [0.05, 0.1) is 0 Å². The molecule has 2 heteroatoms. The molecule has 2 aliphatic rings. The highest BCUT2D eigenvalue weighted by Crippen LogP contribution is 2.57. The van der Waals surface area contributed by atoms with Crippen molar-refractivity contribution in [2.75, 3.05) is 0 Å². The summed E-state index contributed by atoms with van der Waals surface area (Å²) in [5.41, 5.74) is 13.4. The van der Waals surface area contributed by atoms with Gasteiger partial charge in [-0.05, 0) is 59.7 Å². The molecule has 0 aromatic carbocycles. The van der Waals surface area contributed by atoms with Crippen molar-refractivity contribution in [2.45, 2.75) is 100 Å². The van der Waals surface area contributed by atoms with E-state index in [2.05, 4.69) is 62.3 Å². The normalized spacial score (nSPS) is 33.1. The minimum absolute atomic E-state index is 0.360. The fourth-order valence-electron chi connectivity index (χ4n) is 5.88. The van der Waals surface area contributed by atoms with Crippen molar-refractivity contribution >= 4 is 0 Å². The highest BCUT2D eigenvalue weighted by molar-refractivity contribution is 5.06. The molecule has 23 heavy (non-hydrogen) atoms. The Kier molecular flexibility index (Phi) is 6.41. The zero-order valence-corrected chi connectivity index (χ0v) is 17.4. The van der Waals surface area contributed by atoms with Crippen LogP contribution < -0.4 is 11.5 Å². The van der Waals surface area contributed by atoms with Crippen molar-refractivity contribution < 1.29 is 0 Å². The van der Waals surface area contributed by atoms with Gasteiger partial charge in [-0.15, -0.1) is 0 Å². The Hall–Kier alpha value is -0.0800. The predicted molar refractivity (Wildman–Crippen MR) is 103 cm³/mol. The topological polar surface area (TPSA) is 52.0 Å². The predicted octanol–water partition coefficient (Wildman–Crippen LogP) is 5.20. The fraction of sp³-hybridized carbons (Fsp3) is 1.00. The highest BCUT2D eigenvalue weighted by atomic mass is 14.8. The van der Waals surface area contributed by atoms with Crippen molar-refractivity contribution in [3.05, 3.63) is 0 Å². The number of hydrogen-bond acceptors (Lipinski definition) is 2. The Morgan fingerprint density at radius 3 is 1.17 bits per heavy atom. The summed E-state index contributed by atoms with van der Waals surface area (Å²) in [5, 5.41) is 0. The van der Waals surface area contributed by atoms with Gasteiger partial charge in [-0.3, -0.25) is 0 Å². The van der Waals surface area contributed by atoms with Crippen LogP contribution in [0.25, 0.3) is 0 Å². The Bertz CT molecular complexity index is 354. The Morgan fingerprint density at radius 2 is 1.17 bits per heavy atom. The van der Waals surface area contributed by atoms with E-state index in [1.54, 1.807) is 0 Å². The van der Waals surface area contributed by atoms with Gasteiger partial charge in [0.2, 0.25) is 0 Å². The van der Waals surface area contributed by atoms with Gasteiger partial charge in [0.25, 0.3) is 0 Å². The molecule has 0 saturated heterocycles. The van der Waals surface area contributed by atoms with E-state index < -0.39 is 0 Å². The quantitative estimate of drug-likeness (QED) is 0.749. The molecule has 0 aromatic heterocycles. The Balaban J connectivity index is 0.000000231. The molecule has 2 aliphatic carbocycles. The Labute approximate surface area is 146 Å². The molecule has 2 nitrogen and oxygen atoms in total. The lowest BCUT2D eigenvalue weighted by atomic mass is 9.48. The zero-order chi connectivity index (χ0) is 18.2. The third-order valence-corrected chi connectivity index (χ3v) is 7.69. The lowest BCUT2D eigenvalue weighted by Crippen LogP contribution is -2.60. The zero-order valence-electron chi connectivity index (χ0n) is 17.4. The van der Waals surface area contributed by atoms with E-state index >= 15 is 0 Å². The van der Waals surface area contributed by atoms with E-state index in [1.165, 1.54) is 25.7 Å². The van der Waals surface area contributed by atoms with Crippen LogP contribution in [0.2, 0.25) is 0 Å². The summed E-state index contributed by atoms with van der Waals surface area (Å²) >= 11 is 0. The first-order valence-corrected chi connectivity index (χ1v) is 9.85. The highest BCUT2D eigenvalue weighted by Gasteiger charge is 2.54. The minimum Gasteiger partial charge on any atom is -0.327 e. The molecule has 0 amide bonds. The monoisotopic (exact) mass is 324 g/mol. The number of rotatable bonds is 3. The second kappa shape index (κ2) is 7.04. The van der Waals surface area contributed by atoms with Gasteiger partial charge in [0.15, 0.2) is 0 Å². The molecule has 0 bridgehead atoms. The molecular weight excluding hydrogens is 280 g/mol. The first kappa shape index (κ1) is 21.0. The maximum Gasteiger partial charge on any atom is 0.0103 e. The van der Waals surface area contributed by atoms with Gasteiger partial charge in [0.1, 0.15) is 0 Å². The molecule has 0 radical (unpaired) electrons. The van der Waals surface area contributed by atoms with Crippen molar-refractivity contribution in [1.29, 1.82) is 0 Å². The first-order valence-electron chi connectivity index (χ1n) is 9.85. The van der Waals surface area contributed by atoms with Crippen LogP contribution in [0, 0.1) is 34.0 Å². The van der Waals surface area contributed by atoms with Crippen molar-refractivity contribution in [3.8, 4) is 0 Å². The van der Waals surface area contributed by atoms with E-state index in [-0.39, 0.29) is 0 Å². The van der Waals surface area contributed by atoms with Gasteiger partial charge in [-0.25, -0.2) is 0 Å². The van der Waals surface area contributed by atoms with Crippen LogP contribution in [0.15, 0.2) is 0 Å². The maximum atomic E-state index is 6.14. The largest absolute Gasteiger partial charge is 0.327 e. The number of nitrogens with two attached hydrogens (primary N) is 2. The summed E-state index contributed by atoms with van der Waals surface area (Å²) in [6, 6.07) is 0.889.